The zero-order valence-corrected chi connectivity index (χ0v) is 9.44. The maximum absolute atomic E-state index is 11.5. The smallest absolute Gasteiger partial charge is 0.159 e. The molecule has 0 saturated carbocycles. The van der Waals surface area contributed by atoms with Gasteiger partial charge in [-0.3, -0.25) is 4.79 Å². The van der Waals surface area contributed by atoms with E-state index in [0.717, 1.165) is 13.0 Å². The summed E-state index contributed by atoms with van der Waals surface area (Å²) in [6.45, 7) is 3.04. The first-order valence-corrected chi connectivity index (χ1v) is 5.85. The molecule has 3 rings (SSSR count). The van der Waals surface area contributed by atoms with Gasteiger partial charge in [-0.05, 0) is 18.1 Å². The van der Waals surface area contributed by atoms with E-state index in [1.807, 2.05) is 6.08 Å². The van der Waals surface area contributed by atoms with E-state index in [4.69, 9.17) is 0 Å². The molecule has 1 unspecified atom stereocenters. The van der Waals surface area contributed by atoms with Crippen LogP contribution in [0.3, 0.4) is 0 Å². The molecule has 0 amide bonds. The van der Waals surface area contributed by atoms with Crippen LogP contribution in [0.25, 0.3) is 0 Å². The molecule has 1 aromatic rings. The lowest BCUT2D eigenvalue weighted by Gasteiger charge is -2.39. The van der Waals surface area contributed by atoms with Crippen molar-refractivity contribution in [1.82, 2.24) is 0 Å². The van der Waals surface area contributed by atoms with Crippen molar-refractivity contribution in [3.8, 4) is 0 Å². The Morgan fingerprint density at radius 3 is 3.00 bits per heavy atom. The van der Waals surface area contributed by atoms with Crippen LogP contribution in [0, 0.1) is 5.92 Å². The van der Waals surface area contributed by atoms with Crippen LogP contribution in [0.15, 0.2) is 36.0 Å². The molecule has 0 fully saturated rings. The fourth-order valence-corrected chi connectivity index (χ4v) is 2.72. The second-order valence-electron chi connectivity index (χ2n) is 4.67. The van der Waals surface area contributed by atoms with Gasteiger partial charge in [0.05, 0.1) is 0 Å². The van der Waals surface area contributed by atoms with Gasteiger partial charge in [0, 0.05) is 36.3 Å². The molecule has 2 heteroatoms. The molecule has 82 valence electrons. The van der Waals surface area contributed by atoms with Gasteiger partial charge in [-0.15, -0.1) is 0 Å². The molecule has 2 aliphatic rings. The Balaban J connectivity index is 2.12. The average Bonchev–Trinajstić information content (AvgIpc) is 2.29. The van der Waals surface area contributed by atoms with Crippen molar-refractivity contribution in [1.29, 1.82) is 0 Å². The van der Waals surface area contributed by atoms with Gasteiger partial charge in [-0.25, -0.2) is 0 Å². The Morgan fingerprint density at radius 1 is 1.31 bits per heavy atom. The number of carbonyl (C=O) groups excluding carboxylic acids is 1. The van der Waals surface area contributed by atoms with E-state index < -0.39 is 0 Å². The maximum Gasteiger partial charge on any atom is 0.159 e. The Kier molecular flexibility index (Phi) is 2.10. The maximum atomic E-state index is 11.5. The van der Waals surface area contributed by atoms with Crippen molar-refractivity contribution in [2.75, 3.05) is 11.4 Å². The van der Waals surface area contributed by atoms with E-state index in [0.29, 0.717) is 12.3 Å². The minimum Gasteiger partial charge on any atom is -0.344 e. The molecule has 0 saturated heterocycles. The molecular weight excluding hydrogens is 198 g/mol. The minimum atomic E-state index is 0.275. The lowest BCUT2D eigenvalue weighted by Crippen LogP contribution is -2.37. The van der Waals surface area contributed by atoms with E-state index in [1.165, 1.54) is 16.9 Å². The molecule has 2 heterocycles. The molecule has 2 nitrogen and oxygen atoms in total. The first kappa shape index (κ1) is 9.64. The number of nitrogens with zero attached hydrogens (tertiary/aromatic N) is 1. The summed E-state index contributed by atoms with van der Waals surface area (Å²) >= 11 is 0. The molecule has 0 bridgehead atoms. The number of hydrogen-bond donors (Lipinski definition) is 0. The predicted molar refractivity (Wildman–Crippen MR) is 64.4 cm³/mol. The molecule has 0 spiro atoms. The van der Waals surface area contributed by atoms with Crippen molar-refractivity contribution < 1.29 is 4.79 Å². The van der Waals surface area contributed by atoms with Crippen LogP contribution in [0.5, 0.6) is 0 Å². The molecule has 0 aromatic heterocycles. The van der Waals surface area contributed by atoms with Crippen molar-refractivity contribution >= 4 is 11.5 Å². The van der Waals surface area contributed by atoms with E-state index in [-0.39, 0.29) is 5.78 Å². The van der Waals surface area contributed by atoms with Crippen LogP contribution in [0.4, 0.5) is 5.69 Å². The summed E-state index contributed by atoms with van der Waals surface area (Å²) in [6.07, 6.45) is 3.53. The molecule has 0 radical (unpaired) electrons. The van der Waals surface area contributed by atoms with Crippen LogP contribution in [0.2, 0.25) is 0 Å². The van der Waals surface area contributed by atoms with E-state index >= 15 is 0 Å². The topological polar surface area (TPSA) is 20.3 Å². The number of ketones is 1. The van der Waals surface area contributed by atoms with Gasteiger partial charge >= 0.3 is 0 Å². The van der Waals surface area contributed by atoms with Crippen LogP contribution in [-0.4, -0.2) is 12.3 Å². The molecule has 16 heavy (non-hydrogen) atoms. The van der Waals surface area contributed by atoms with Crippen molar-refractivity contribution in [3.05, 3.63) is 41.6 Å². The molecule has 2 aliphatic heterocycles. The Morgan fingerprint density at radius 2 is 2.12 bits per heavy atom. The summed E-state index contributed by atoms with van der Waals surface area (Å²) in [5.41, 5.74) is 3.90. The largest absolute Gasteiger partial charge is 0.344 e. The van der Waals surface area contributed by atoms with Crippen LogP contribution >= 0.6 is 0 Å². The molecule has 1 aromatic carbocycles. The molecule has 1 atom stereocenters. The van der Waals surface area contributed by atoms with E-state index in [1.54, 1.807) is 0 Å². The summed E-state index contributed by atoms with van der Waals surface area (Å²) in [4.78, 5) is 13.8. The highest BCUT2D eigenvalue weighted by Gasteiger charge is 2.29. The summed E-state index contributed by atoms with van der Waals surface area (Å²) in [5.74, 6) is 0.733. The second kappa shape index (κ2) is 3.48. The van der Waals surface area contributed by atoms with Crippen molar-refractivity contribution in [3.63, 3.8) is 0 Å². The number of para-hydroxylation sites is 1. The van der Waals surface area contributed by atoms with Crippen LogP contribution in [0.1, 0.15) is 18.9 Å². The monoisotopic (exact) mass is 213 g/mol. The highest BCUT2D eigenvalue weighted by atomic mass is 16.1. The SMILES string of the molecule is CC1Cc2ccccc2N2CCC(=O)C=C12. The normalized spacial score (nSPS) is 23.6. The summed E-state index contributed by atoms with van der Waals surface area (Å²) < 4.78 is 0. The average molecular weight is 213 g/mol. The van der Waals surface area contributed by atoms with Gasteiger partial charge in [-0.1, -0.05) is 25.1 Å². The molecule has 0 N–H and O–H groups in total. The van der Waals surface area contributed by atoms with Gasteiger partial charge < -0.3 is 4.90 Å². The first-order valence-electron chi connectivity index (χ1n) is 5.85. The third-order valence-corrected chi connectivity index (χ3v) is 3.52. The number of hydrogen-bond acceptors (Lipinski definition) is 2. The van der Waals surface area contributed by atoms with Gasteiger partial charge in [0.15, 0.2) is 5.78 Å². The minimum absolute atomic E-state index is 0.275. The Labute approximate surface area is 95.6 Å². The Hall–Kier alpha value is -1.57. The van der Waals surface area contributed by atoms with Crippen molar-refractivity contribution in [2.45, 2.75) is 19.8 Å². The molecule has 0 aliphatic carbocycles. The number of benzene rings is 1. The number of carbonyl (C=O) groups is 1. The standard InChI is InChI=1S/C14H15NO/c1-10-8-11-4-2-3-5-13(11)15-7-6-12(16)9-14(10)15/h2-5,9-10H,6-8H2,1H3. The van der Waals surface area contributed by atoms with Crippen molar-refractivity contribution in [2.24, 2.45) is 5.92 Å². The van der Waals surface area contributed by atoms with Crippen LogP contribution < -0.4 is 4.90 Å². The van der Waals surface area contributed by atoms with Gasteiger partial charge in [0.25, 0.3) is 0 Å². The number of anilines is 1. The zero-order valence-electron chi connectivity index (χ0n) is 9.44. The third-order valence-electron chi connectivity index (χ3n) is 3.52. The predicted octanol–water partition coefficient (Wildman–Crippen LogP) is 2.54. The van der Waals surface area contributed by atoms with Gasteiger partial charge in [-0.2, -0.15) is 0 Å². The number of allylic oxidation sites excluding steroid dienone is 2. The van der Waals surface area contributed by atoms with E-state index in [2.05, 4.69) is 36.1 Å². The quantitative estimate of drug-likeness (QED) is 0.660. The summed E-state index contributed by atoms with van der Waals surface area (Å²) in [7, 11) is 0. The van der Waals surface area contributed by atoms with Gasteiger partial charge in [0.1, 0.15) is 0 Å². The summed E-state index contributed by atoms with van der Waals surface area (Å²) in [5, 5.41) is 0. The van der Waals surface area contributed by atoms with E-state index in [9.17, 15) is 4.79 Å². The fraction of sp³-hybridized carbons (Fsp3) is 0.357. The lowest BCUT2D eigenvalue weighted by atomic mass is 9.88. The third kappa shape index (κ3) is 1.37. The highest BCUT2D eigenvalue weighted by Crippen LogP contribution is 2.37. The molecular formula is C14H15NO. The zero-order chi connectivity index (χ0) is 11.1. The number of fused-ring (bicyclic) bond motifs is 3. The van der Waals surface area contributed by atoms with Crippen LogP contribution in [-0.2, 0) is 11.2 Å². The van der Waals surface area contributed by atoms with Gasteiger partial charge in [0.2, 0.25) is 0 Å². The Bertz CT molecular complexity index is 475. The number of rotatable bonds is 0. The second-order valence-corrected chi connectivity index (χ2v) is 4.67. The highest BCUT2D eigenvalue weighted by molar-refractivity contribution is 5.93. The fourth-order valence-electron chi connectivity index (χ4n) is 2.72. The first-order chi connectivity index (χ1) is 7.75. The lowest BCUT2D eigenvalue weighted by molar-refractivity contribution is -0.114. The summed E-state index contributed by atoms with van der Waals surface area (Å²) in [6, 6.07) is 8.52.